The minimum atomic E-state index is 0.00812. The summed E-state index contributed by atoms with van der Waals surface area (Å²) in [7, 11) is 0. The first-order valence-corrected chi connectivity index (χ1v) is 8.65. The van der Waals surface area contributed by atoms with Crippen molar-refractivity contribution in [1.29, 1.82) is 0 Å². The molecule has 4 heterocycles. The molecule has 0 radical (unpaired) electrons. The number of fused-ring (bicyclic) bond motifs is 1. The van der Waals surface area contributed by atoms with Gasteiger partial charge in [-0.05, 0) is 29.5 Å². The van der Waals surface area contributed by atoms with Gasteiger partial charge in [0.1, 0.15) is 0 Å². The smallest absolute Gasteiger partial charge is 0.264 e. The summed E-state index contributed by atoms with van der Waals surface area (Å²) in [6.07, 6.45) is 4.81. The van der Waals surface area contributed by atoms with E-state index in [0.717, 1.165) is 23.4 Å². The van der Waals surface area contributed by atoms with Gasteiger partial charge in [0.2, 0.25) is 5.91 Å². The topological polar surface area (TPSA) is 53.5 Å². The average Bonchev–Trinajstić information content (AvgIpc) is 3.27. The van der Waals surface area contributed by atoms with Gasteiger partial charge < -0.3 is 9.80 Å². The molecule has 2 aromatic rings. The van der Waals surface area contributed by atoms with E-state index >= 15 is 0 Å². The molecular formula is C17H17N3O2S. The summed E-state index contributed by atoms with van der Waals surface area (Å²) in [6.45, 7) is 1.30. The van der Waals surface area contributed by atoms with Gasteiger partial charge in [-0.2, -0.15) is 0 Å². The van der Waals surface area contributed by atoms with Gasteiger partial charge in [0.25, 0.3) is 5.91 Å². The minimum Gasteiger partial charge on any atom is -0.333 e. The summed E-state index contributed by atoms with van der Waals surface area (Å²) in [5.41, 5.74) is 1.03. The van der Waals surface area contributed by atoms with E-state index in [9.17, 15) is 9.59 Å². The van der Waals surface area contributed by atoms with Gasteiger partial charge in [0.05, 0.1) is 17.0 Å². The molecule has 5 nitrogen and oxygen atoms in total. The van der Waals surface area contributed by atoms with Crippen molar-refractivity contribution >= 4 is 23.2 Å². The van der Waals surface area contributed by atoms with Crippen molar-refractivity contribution in [2.75, 3.05) is 6.54 Å². The Bertz CT molecular complexity index is 717. The lowest BCUT2D eigenvalue weighted by Crippen LogP contribution is -2.39. The Morgan fingerprint density at radius 2 is 2.22 bits per heavy atom. The highest BCUT2D eigenvalue weighted by atomic mass is 32.1. The predicted octanol–water partition coefficient (Wildman–Crippen LogP) is 2.16. The van der Waals surface area contributed by atoms with E-state index in [0.29, 0.717) is 13.0 Å². The van der Waals surface area contributed by atoms with Crippen LogP contribution in [0.5, 0.6) is 0 Å². The largest absolute Gasteiger partial charge is 0.333 e. The Hall–Kier alpha value is -2.21. The first-order chi connectivity index (χ1) is 11.2. The molecule has 2 aromatic heterocycles. The van der Waals surface area contributed by atoms with Crippen LogP contribution in [0.3, 0.4) is 0 Å². The molecule has 0 aromatic carbocycles. The Morgan fingerprint density at radius 1 is 1.30 bits per heavy atom. The molecule has 0 aliphatic carbocycles. The van der Waals surface area contributed by atoms with Gasteiger partial charge >= 0.3 is 0 Å². The highest BCUT2D eigenvalue weighted by Crippen LogP contribution is 2.34. The molecule has 2 saturated heterocycles. The maximum atomic E-state index is 12.6. The predicted molar refractivity (Wildman–Crippen MR) is 87.0 cm³/mol. The molecule has 23 heavy (non-hydrogen) atoms. The Morgan fingerprint density at radius 3 is 2.96 bits per heavy atom. The number of likely N-dealkylation sites (tertiary alicyclic amines) is 2. The molecule has 0 unspecified atom stereocenters. The lowest BCUT2D eigenvalue weighted by molar-refractivity contribution is -0.129. The molecule has 4 rings (SSSR count). The molecule has 2 aliphatic heterocycles. The Balaban J connectivity index is 1.52. The number of hydrogen-bond acceptors (Lipinski definition) is 4. The second-order valence-electron chi connectivity index (χ2n) is 5.99. The normalized spacial score (nSPS) is 23.4. The van der Waals surface area contributed by atoms with Crippen LogP contribution in [0, 0.1) is 0 Å². The van der Waals surface area contributed by atoms with Gasteiger partial charge in [-0.25, -0.2) is 0 Å². The fourth-order valence-corrected chi connectivity index (χ4v) is 4.29. The van der Waals surface area contributed by atoms with Gasteiger partial charge in [-0.1, -0.05) is 12.1 Å². The van der Waals surface area contributed by atoms with Crippen molar-refractivity contribution in [3.8, 4) is 0 Å². The number of thiophene rings is 1. The maximum Gasteiger partial charge on any atom is 0.264 e. The van der Waals surface area contributed by atoms with Crippen molar-refractivity contribution in [1.82, 2.24) is 14.8 Å². The summed E-state index contributed by atoms with van der Waals surface area (Å²) < 4.78 is 0. The minimum absolute atomic E-state index is 0.00812. The van der Waals surface area contributed by atoms with Crippen LogP contribution in [0.4, 0.5) is 0 Å². The van der Waals surface area contributed by atoms with Crippen LogP contribution in [0.1, 0.15) is 28.1 Å². The van der Waals surface area contributed by atoms with Crippen LogP contribution in [-0.2, 0) is 11.3 Å². The van der Waals surface area contributed by atoms with E-state index in [1.165, 1.54) is 11.3 Å². The highest BCUT2D eigenvalue weighted by Gasteiger charge is 2.48. The monoisotopic (exact) mass is 327 g/mol. The summed E-state index contributed by atoms with van der Waals surface area (Å²) in [4.78, 5) is 33.7. The third-order valence-corrected chi connectivity index (χ3v) is 5.54. The first-order valence-electron chi connectivity index (χ1n) is 7.77. The number of nitrogens with zero attached hydrogens (tertiary/aromatic N) is 3. The van der Waals surface area contributed by atoms with Crippen LogP contribution < -0.4 is 0 Å². The molecule has 2 amide bonds. The van der Waals surface area contributed by atoms with Crippen LogP contribution >= 0.6 is 11.3 Å². The lowest BCUT2D eigenvalue weighted by atomic mass is 10.1. The Labute approximate surface area is 138 Å². The summed E-state index contributed by atoms with van der Waals surface area (Å²) in [5.74, 6) is 0.191. The number of hydrogen-bond donors (Lipinski definition) is 0. The van der Waals surface area contributed by atoms with E-state index in [4.69, 9.17) is 0 Å². The molecule has 6 heteroatoms. The second-order valence-corrected chi connectivity index (χ2v) is 6.93. The summed E-state index contributed by atoms with van der Waals surface area (Å²) in [6, 6.07) is 7.75. The fraction of sp³-hybridized carbons (Fsp3) is 0.353. The van der Waals surface area contributed by atoms with E-state index in [-0.39, 0.29) is 23.9 Å². The van der Waals surface area contributed by atoms with Crippen molar-refractivity contribution in [2.24, 2.45) is 0 Å². The van der Waals surface area contributed by atoms with Crippen LogP contribution in [0.15, 0.2) is 42.0 Å². The average molecular weight is 327 g/mol. The molecule has 0 spiro atoms. The SMILES string of the molecule is O=C1C[C@H]2[C@@H](CCN2C(=O)c2cccs2)N1Cc1cccnc1. The van der Waals surface area contributed by atoms with Crippen molar-refractivity contribution in [3.63, 3.8) is 0 Å². The van der Waals surface area contributed by atoms with Crippen molar-refractivity contribution in [2.45, 2.75) is 31.5 Å². The van der Waals surface area contributed by atoms with E-state index in [1.807, 2.05) is 39.4 Å². The fourth-order valence-electron chi connectivity index (χ4n) is 3.62. The number of amides is 2. The first kappa shape index (κ1) is 14.4. The van der Waals surface area contributed by atoms with E-state index < -0.39 is 0 Å². The van der Waals surface area contributed by atoms with Gasteiger partial charge in [-0.3, -0.25) is 14.6 Å². The summed E-state index contributed by atoms with van der Waals surface area (Å²) >= 11 is 1.46. The zero-order valence-electron chi connectivity index (χ0n) is 12.6. The van der Waals surface area contributed by atoms with E-state index in [2.05, 4.69) is 4.98 Å². The number of carbonyl (C=O) groups excluding carboxylic acids is 2. The molecule has 0 bridgehead atoms. The summed E-state index contributed by atoms with van der Waals surface area (Å²) in [5, 5.41) is 1.91. The lowest BCUT2D eigenvalue weighted by Gasteiger charge is -2.25. The third kappa shape index (κ3) is 2.53. The van der Waals surface area contributed by atoms with E-state index in [1.54, 1.807) is 12.4 Å². The molecule has 0 N–H and O–H groups in total. The molecule has 2 atom stereocenters. The number of aromatic nitrogens is 1. The zero-order valence-corrected chi connectivity index (χ0v) is 13.4. The van der Waals surface area contributed by atoms with Crippen LogP contribution in [-0.4, -0.2) is 45.2 Å². The third-order valence-electron chi connectivity index (χ3n) is 4.68. The quantitative estimate of drug-likeness (QED) is 0.868. The second kappa shape index (κ2) is 5.77. The number of carbonyl (C=O) groups is 2. The van der Waals surface area contributed by atoms with Crippen LogP contribution in [0.25, 0.3) is 0 Å². The standard InChI is InChI=1S/C17H17N3O2S/c21-16-9-14-13(20(16)11-12-3-1-6-18-10-12)5-7-19(14)17(22)15-4-2-8-23-15/h1-4,6,8,10,13-14H,5,7,9,11H2/t13-,14+/m1/s1. The highest BCUT2D eigenvalue weighted by molar-refractivity contribution is 7.12. The molecule has 118 valence electrons. The number of rotatable bonds is 3. The Kier molecular flexibility index (Phi) is 3.61. The number of pyridine rings is 1. The molecule has 0 saturated carbocycles. The van der Waals surface area contributed by atoms with Crippen molar-refractivity contribution in [3.05, 3.63) is 52.5 Å². The molecule has 2 aliphatic rings. The van der Waals surface area contributed by atoms with Crippen molar-refractivity contribution < 1.29 is 9.59 Å². The zero-order chi connectivity index (χ0) is 15.8. The van der Waals surface area contributed by atoms with Crippen LogP contribution in [0.2, 0.25) is 0 Å². The molecule has 2 fully saturated rings. The van der Waals surface area contributed by atoms with Gasteiger partial charge in [-0.15, -0.1) is 11.3 Å². The van der Waals surface area contributed by atoms with Gasteiger partial charge in [0.15, 0.2) is 0 Å². The van der Waals surface area contributed by atoms with Gasteiger partial charge in [0, 0.05) is 31.9 Å². The molecular weight excluding hydrogens is 310 g/mol. The maximum absolute atomic E-state index is 12.6.